The highest BCUT2D eigenvalue weighted by Crippen LogP contribution is 2.31. The Morgan fingerprint density at radius 1 is 1.62 bits per heavy atom. The molecule has 73 valence electrons. The van der Waals surface area contributed by atoms with Crippen LogP contribution in [0.3, 0.4) is 0 Å². The molecule has 0 atom stereocenters. The van der Waals surface area contributed by atoms with Gasteiger partial charge in [-0.2, -0.15) is 0 Å². The zero-order valence-corrected chi connectivity index (χ0v) is 10.2. The van der Waals surface area contributed by atoms with Gasteiger partial charge in [0, 0.05) is 6.54 Å². The summed E-state index contributed by atoms with van der Waals surface area (Å²) in [5.41, 5.74) is 0. The van der Waals surface area contributed by atoms with Gasteiger partial charge in [-0.1, -0.05) is 0 Å². The van der Waals surface area contributed by atoms with E-state index in [4.69, 9.17) is 0 Å². The average molecular weight is 314 g/mol. The molecule has 1 fully saturated rings. The molecule has 1 rings (SSSR count). The molecule has 0 unspecified atom stereocenters. The highest BCUT2D eigenvalue weighted by molar-refractivity contribution is 14.1. The molecular weight excluding hydrogens is 304 g/mol. The van der Waals surface area contributed by atoms with Crippen molar-refractivity contribution in [2.75, 3.05) is 6.54 Å². The lowest BCUT2D eigenvalue weighted by molar-refractivity contribution is 0.245. The lowest BCUT2D eigenvalue weighted by atomic mass is 10.1. The molecule has 0 aromatic heterocycles. The van der Waals surface area contributed by atoms with E-state index in [0.717, 1.165) is 4.31 Å². The molecule has 0 bridgehead atoms. The first-order chi connectivity index (χ1) is 6.04. The van der Waals surface area contributed by atoms with Crippen LogP contribution in [0.4, 0.5) is 4.79 Å². The van der Waals surface area contributed by atoms with Gasteiger partial charge >= 0.3 is 5.14 Å². The van der Waals surface area contributed by atoms with Crippen LogP contribution in [0.1, 0.15) is 19.8 Å². The van der Waals surface area contributed by atoms with E-state index < -0.39 is 15.8 Å². The van der Waals surface area contributed by atoms with Crippen molar-refractivity contribution in [1.82, 2.24) is 4.31 Å². The Bertz CT molecular complexity index is 301. The van der Waals surface area contributed by atoms with Gasteiger partial charge in [0.1, 0.15) is 0 Å². The highest BCUT2D eigenvalue weighted by Gasteiger charge is 2.41. The Balaban J connectivity index is 2.81. The van der Waals surface area contributed by atoms with Crippen LogP contribution >= 0.6 is 22.4 Å². The molecule has 1 aliphatic carbocycles. The summed E-state index contributed by atoms with van der Waals surface area (Å²) >= 11 is 1.76. The van der Waals surface area contributed by atoms with Gasteiger partial charge in [0.05, 0.1) is 5.25 Å². The SMILES string of the molecule is CCN(C(=O)[B]I)S(=O)(=O)C1CC1. The largest absolute Gasteiger partial charge is 0.318 e. The van der Waals surface area contributed by atoms with E-state index in [1.54, 1.807) is 29.3 Å². The van der Waals surface area contributed by atoms with Gasteiger partial charge in [-0.15, -0.1) is 22.4 Å². The lowest BCUT2D eigenvalue weighted by Gasteiger charge is -2.19. The van der Waals surface area contributed by atoms with Crippen LogP contribution in [0, 0.1) is 0 Å². The van der Waals surface area contributed by atoms with E-state index in [9.17, 15) is 13.2 Å². The van der Waals surface area contributed by atoms with Gasteiger partial charge in [-0.3, -0.25) is 4.79 Å². The Morgan fingerprint density at radius 3 is 2.46 bits per heavy atom. The quantitative estimate of drug-likeness (QED) is 0.574. The summed E-state index contributed by atoms with van der Waals surface area (Å²) in [6.45, 7) is 1.88. The second-order valence-corrected chi connectivity index (χ2v) is 5.62. The van der Waals surface area contributed by atoms with Crippen molar-refractivity contribution < 1.29 is 13.2 Å². The Hall–Kier alpha value is 0.215. The number of hydrogen-bond donors (Lipinski definition) is 0. The summed E-state index contributed by atoms with van der Waals surface area (Å²) in [6.07, 6.45) is 1.38. The number of carbonyl (C=O) groups excluding carboxylic acids is 1. The normalized spacial score (nSPS) is 16.8. The van der Waals surface area contributed by atoms with Crippen molar-refractivity contribution in [1.29, 1.82) is 0 Å². The maximum Gasteiger partial charge on any atom is 0.318 e. The molecule has 1 aliphatic rings. The van der Waals surface area contributed by atoms with E-state index in [1.807, 2.05) is 0 Å². The van der Waals surface area contributed by atoms with Gasteiger partial charge in [-0.25, -0.2) is 12.7 Å². The predicted octanol–water partition coefficient (Wildman–Crippen LogP) is 0.975. The zero-order valence-electron chi connectivity index (χ0n) is 7.23. The molecule has 1 amide bonds. The number of carbonyl (C=O) groups is 1. The third-order valence-electron chi connectivity index (χ3n) is 1.88. The second kappa shape index (κ2) is 4.16. The van der Waals surface area contributed by atoms with Crippen LogP contribution in [0.5, 0.6) is 0 Å². The molecule has 0 heterocycles. The third-order valence-corrected chi connectivity index (χ3v) is 4.78. The minimum Gasteiger partial charge on any atom is -0.286 e. The summed E-state index contributed by atoms with van der Waals surface area (Å²) in [5.74, 6) is -0.435. The van der Waals surface area contributed by atoms with Gasteiger partial charge in [0.2, 0.25) is 10.0 Å². The fourth-order valence-electron chi connectivity index (χ4n) is 1.06. The molecular formula is C6H10BINO3S. The number of amides is 1. The van der Waals surface area contributed by atoms with E-state index >= 15 is 0 Å². The van der Waals surface area contributed by atoms with E-state index in [0.29, 0.717) is 12.8 Å². The first-order valence-electron chi connectivity index (χ1n) is 4.03. The van der Waals surface area contributed by atoms with Gasteiger partial charge in [0.15, 0.2) is 5.81 Å². The molecule has 13 heavy (non-hydrogen) atoms. The molecule has 1 radical (unpaired) electrons. The molecule has 0 aliphatic heterocycles. The maximum absolute atomic E-state index is 11.6. The molecule has 0 N–H and O–H groups in total. The standard InChI is InChI=1S/C6H10BINO3S/c1-2-9(6(10)7-8)13(11,12)5-3-4-5/h5H,2-4H2,1H3. The van der Waals surface area contributed by atoms with Crippen molar-refractivity contribution in [2.24, 2.45) is 0 Å². The smallest absolute Gasteiger partial charge is 0.286 e. The van der Waals surface area contributed by atoms with Crippen LogP contribution in [0.2, 0.25) is 0 Å². The monoisotopic (exact) mass is 314 g/mol. The van der Waals surface area contributed by atoms with E-state index in [-0.39, 0.29) is 11.8 Å². The highest BCUT2D eigenvalue weighted by atomic mass is 127. The minimum atomic E-state index is -3.34. The first-order valence-corrected chi connectivity index (χ1v) is 6.77. The Labute approximate surface area is 92.2 Å². The molecule has 4 nitrogen and oxygen atoms in total. The topological polar surface area (TPSA) is 54.5 Å². The third kappa shape index (κ3) is 2.36. The summed E-state index contributed by atoms with van der Waals surface area (Å²) in [5, 5.41) is 0.939. The van der Waals surface area contributed by atoms with Crippen molar-refractivity contribution in [2.45, 2.75) is 25.0 Å². The summed E-state index contributed by atoms with van der Waals surface area (Å²) in [7, 11) is -3.34. The fraction of sp³-hybridized carbons (Fsp3) is 0.833. The van der Waals surface area contributed by atoms with Crippen molar-refractivity contribution in [3.05, 3.63) is 0 Å². The maximum atomic E-state index is 11.6. The summed E-state index contributed by atoms with van der Waals surface area (Å²) < 4.78 is 24.2. The van der Waals surface area contributed by atoms with Crippen LogP contribution in [-0.2, 0) is 10.0 Å². The van der Waals surface area contributed by atoms with Gasteiger partial charge in [-0.05, 0) is 19.8 Å². The number of nitrogens with zero attached hydrogens (tertiary/aromatic N) is 1. The van der Waals surface area contributed by atoms with Crippen molar-refractivity contribution in [3.63, 3.8) is 0 Å². The number of halogens is 1. The molecule has 0 spiro atoms. The van der Waals surface area contributed by atoms with Crippen molar-refractivity contribution in [3.8, 4) is 0 Å². The molecule has 1 saturated carbocycles. The Morgan fingerprint density at radius 2 is 2.15 bits per heavy atom. The summed E-state index contributed by atoms with van der Waals surface area (Å²) in [4.78, 5) is 11.2. The number of hydrogen-bond acceptors (Lipinski definition) is 3. The fourth-order valence-corrected chi connectivity index (χ4v) is 3.34. The molecule has 0 saturated heterocycles. The van der Waals surface area contributed by atoms with Gasteiger partial charge < -0.3 is 0 Å². The van der Waals surface area contributed by atoms with E-state index in [2.05, 4.69) is 0 Å². The van der Waals surface area contributed by atoms with E-state index in [1.165, 1.54) is 5.14 Å². The number of sulfonamides is 1. The van der Waals surface area contributed by atoms with Crippen LogP contribution in [0.25, 0.3) is 0 Å². The molecule has 0 aromatic carbocycles. The Kier molecular flexibility index (Phi) is 3.61. The average Bonchev–Trinajstić information content (AvgIpc) is 2.86. The number of rotatable bonds is 4. The molecule has 0 aromatic rings. The molecule has 7 heteroatoms. The second-order valence-electron chi connectivity index (χ2n) is 2.86. The predicted molar refractivity (Wildman–Crippen MR) is 59.5 cm³/mol. The summed E-state index contributed by atoms with van der Waals surface area (Å²) in [6, 6.07) is 0. The van der Waals surface area contributed by atoms with Crippen LogP contribution < -0.4 is 0 Å². The zero-order chi connectivity index (χ0) is 10.1. The minimum absolute atomic E-state index is 0.219. The van der Waals surface area contributed by atoms with Crippen LogP contribution in [0.15, 0.2) is 0 Å². The van der Waals surface area contributed by atoms with Gasteiger partial charge in [0.25, 0.3) is 0 Å². The first kappa shape index (κ1) is 11.3. The van der Waals surface area contributed by atoms with Crippen molar-refractivity contribution >= 4 is 43.3 Å². The van der Waals surface area contributed by atoms with Crippen LogP contribution in [-0.4, -0.2) is 35.5 Å². The lowest BCUT2D eigenvalue weighted by Crippen LogP contribution is -2.39.